The second kappa shape index (κ2) is 7.70. The summed E-state index contributed by atoms with van der Waals surface area (Å²) in [6.07, 6.45) is 4.22. The van der Waals surface area contributed by atoms with Crippen LogP contribution in [-0.2, 0) is 6.18 Å². The Balaban J connectivity index is 1.49. The standard InChI is InChI=1S/C21H17ClF3N5O2/c22-18-17(20(31)29-4-1-12(2-5-29)16-8-26-11-27-16)28-19-15(21(23,24)25)7-14(9-30(18)19)13-3-6-32-10-13/h3,6-12H,1-2,4-5H2,(H,26,27). The zero-order valence-corrected chi connectivity index (χ0v) is 17.3. The number of rotatable bonds is 3. The summed E-state index contributed by atoms with van der Waals surface area (Å²) in [6, 6.07) is 2.52. The van der Waals surface area contributed by atoms with E-state index >= 15 is 0 Å². The maximum atomic E-state index is 13.8. The third-order valence-corrected chi connectivity index (χ3v) is 6.13. The molecule has 4 aromatic heterocycles. The van der Waals surface area contributed by atoms with Gasteiger partial charge in [-0.25, -0.2) is 9.97 Å². The van der Waals surface area contributed by atoms with Gasteiger partial charge in [-0.2, -0.15) is 13.2 Å². The van der Waals surface area contributed by atoms with E-state index in [1.54, 1.807) is 23.5 Å². The van der Waals surface area contributed by atoms with Crippen molar-refractivity contribution in [3.8, 4) is 11.1 Å². The molecule has 1 amide bonds. The van der Waals surface area contributed by atoms with E-state index in [1.807, 2.05) is 0 Å². The molecule has 0 aromatic carbocycles. The number of fused-ring (bicyclic) bond motifs is 1. The van der Waals surface area contributed by atoms with Gasteiger partial charge in [0.15, 0.2) is 11.3 Å². The van der Waals surface area contributed by atoms with Gasteiger partial charge >= 0.3 is 6.18 Å². The van der Waals surface area contributed by atoms with Crippen molar-refractivity contribution in [2.45, 2.75) is 24.9 Å². The molecule has 0 bridgehead atoms. The molecule has 166 valence electrons. The van der Waals surface area contributed by atoms with Crippen LogP contribution in [0, 0.1) is 0 Å². The smallest absolute Gasteiger partial charge is 0.420 e. The Labute approximate surface area is 184 Å². The quantitative estimate of drug-likeness (QED) is 0.463. The van der Waals surface area contributed by atoms with E-state index in [0.717, 1.165) is 16.2 Å². The second-order valence-electron chi connectivity index (χ2n) is 7.67. The van der Waals surface area contributed by atoms with Gasteiger partial charge in [0.05, 0.1) is 24.4 Å². The number of likely N-dealkylation sites (tertiary alicyclic amines) is 1. The van der Waals surface area contributed by atoms with E-state index in [-0.39, 0.29) is 22.3 Å². The molecule has 4 aromatic rings. The van der Waals surface area contributed by atoms with Crippen LogP contribution in [0.15, 0.2) is 47.8 Å². The van der Waals surface area contributed by atoms with Gasteiger partial charge in [0.25, 0.3) is 5.91 Å². The number of furan rings is 1. The number of alkyl halides is 3. The molecular formula is C21H17ClF3N5O2. The topological polar surface area (TPSA) is 79.4 Å². The number of nitrogens with one attached hydrogen (secondary N) is 1. The van der Waals surface area contributed by atoms with Gasteiger partial charge in [0.2, 0.25) is 0 Å². The first-order chi connectivity index (χ1) is 15.3. The van der Waals surface area contributed by atoms with Gasteiger partial charge in [-0.15, -0.1) is 0 Å². The molecule has 0 saturated carbocycles. The van der Waals surface area contributed by atoms with Gasteiger partial charge < -0.3 is 14.3 Å². The molecule has 32 heavy (non-hydrogen) atoms. The maximum absolute atomic E-state index is 13.8. The van der Waals surface area contributed by atoms with Crippen LogP contribution < -0.4 is 0 Å². The van der Waals surface area contributed by atoms with Crippen molar-refractivity contribution in [3.63, 3.8) is 0 Å². The molecule has 1 N–H and O–H groups in total. The van der Waals surface area contributed by atoms with Gasteiger partial charge in [-0.3, -0.25) is 9.20 Å². The number of carbonyl (C=O) groups is 1. The van der Waals surface area contributed by atoms with E-state index in [4.69, 9.17) is 16.0 Å². The number of imidazole rings is 2. The minimum atomic E-state index is -4.68. The van der Waals surface area contributed by atoms with Gasteiger partial charge in [0.1, 0.15) is 5.15 Å². The first-order valence-electron chi connectivity index (χ1n) is 9.92. The Morgan fingerprint density at radius 1 is 1.25 bits per heavy atom. The molecular weight excluding hydrogens is 447 g/mol. The number of halogens is 4. The number of carbonyl (C=O) groups excluding carboxylic acids is 1. The lowest BCUT2D eigenvalue weighted by molar-refractivity contribution is -0.136. The van der Waals surface area contributed by atoms with Crippen LogP contribution in [0.2, 0.25) is 5.15 Å². The molecule has 1 saturated heterocycles. The molecule has 0 spiro atoms. The molecule has 1 fully saturated rings. The van der Waals surface area contributed by atoms with Crippen molar-refractivity contribution in [1.82, 2.24) is 24.3 Å². The van der Waals surface area contributed by atoms with Crippen molar-refractivity contribution < 1.29 is 22.4 Å². The summed E-state index contributed by atoms with van der Waals surface area (Å²) in [6.45, 7) is 0.887. The number of aromatic amines is 1. The van der Waals surface area contributed by atoms with Crippen molar-refractivity contribution in [3.05, 3.63) is 65.5 Å². The SMILES string of the molecule is O=C(c1nc2c(C(F)(F)F)cc(-c3ccoc3)cn2c1Cl)N1CCC(c2cnc[nH]2)CC1. The number of piperidine rings is 1. The van der Waals surface area contributed by atoms with Crippen LogP contribution in [0.4, 0.5) is 13.2 Å². The lowest BCUT2D eigenvalue weighted by Crippen LogP contribution is -2.38. The maximum Gasteiger partial charge on any atom is 0.420 e. The van der Waals surface area contributed by atoms with E-state index in [9.17, 15) is 18.0 Å². The van der Waals surface area contributed by atoms with Crippen LogP contribution >= 0.6 is 11.6 Å². The summed E-state index contributed by atoms with van der Waals surface area (Å²) >= 11 is 6.39. The Bertz CT molecular complexity index is 1260. The number of amides is 1. The van der Waals surface area contributed by atoms with Crippen LogP contribution in [0.1, 0.15) is 40.5 Å². The first kappa shape index (κ1) is 20.6. The average molecular weight is 464 g/mol. The zero-order chi connectivity index (χ0) is 22.5. The number of H-pyrrole nitrogens is 1. The molecule has 1 aliphatic rings. The molecule has 0 aliphatic carbocycles. The van der Waals surface area contributed by atoms with Gasteiger partial charge in [-0.05, 0) is 25.0 Å². The Morgan fingerprint density at radius 2 is 2.03 bits per heavy atom. The third kappa shape index (κ3) is 3.54. The molecule has 1 aliphatic heterocycles. The molecule has 0 atom stereocenters. The van der Waals surface area contributed by atoms with Crippen LogP contribution in [0.5, 0.6) is 0 Å². The average Bonchev–Trinajstić information content (AvgIpc) is 3.54. The number of aromatic nitrogens is 4. The van der Waals surface area contributed by atoms with Crippen LogP contribution in [0.3, 0.4) is 0 Å². The largest absolute Gasteiger partial charge is 0.472 e. The molecule has 5 rings (SSSR count). The highest BCUT2D eigenvalue weighted by Gasteiger charge is 2.37. The number of nitrogens with zero attached hydrogens (tertiary/aromatic N) is 4. The van der Waals surface area contributed by atoms with Crippen molar-refractivity contribution in [1.29, 1.82) is 0 Å². The normalized spacial score (nSPS) is 15.6. The predicted molar refractivity (Wildman–Crippen MR) is 109 cm³/mol. The molecule has 7 nitrogen and oxygen atoms in total. The van der Waals surface area contributed by atoms with Crippen molar-refractivity contribution in [2.24, 2.45) is 0 Å². The Morgan fingerprint density at radius 3 is 2.66 bits per heavy atom. The minimum Gasteiger partial charge on any atom is -0.472 e. The first-order valence-corrected chi connectivity index (χ1v) is 10.3. The highest BCUT2D eigenvalue weighted by atomic mass is 35.5. The number of pyridine rings is 1. The fraction of sp³-hybridized carbons (Fsp3) is 0.286. The van der Waals surface area contributed by atoms with Crippen LogP contribution in [-0.4, -0.2) is 43.2 Å². The molecule has 5 heterocycles. The highest BCUT2D eigenvalue weighted by molar-refractivity contribution is 6.33. The fourth-order valence-corrected chi connectivity index (χ4v) is 4.33. The summed E-state index contributed by atoms with van der Waals surface area (Å²) in [5.74, 6) is -0.243. The Hall–Kier alpha value is -3.27. The Kier molecular flexibility index (Phi) is 4.96. The summed E-state index contributed by atoms with van der Waals surface area (Å²) in [7, 11) is 0. The van der Waals surface area contributed by atoms with E-state index in [1.165, 1.54) is 18.7 Å². The summed E-state index contributed by atoms with van der Waals surface area (Å²) in [5.41, 5.74) is 0.125. The minimum absolute atomic E-state index is 0.156. The van der Waals surface area contributed by atoms with Gasteiger partial charge in [0, 0.05) is 48.2 Å². The monoisotopic (exact) mass is 463 g/mol. The fourth-order valence-electron chi connectivity index (χ4n) is 4.08. The number of hydrogen-bond acceptors (Lipinski definition) is 4. The predicted octanol–water partition coefficient (Wildman–Crippen LogP) is 5.01. The molecule has 0 radical (unpaired) electrons. The van der Waals surface area contributed by atoms with Crippen LogP contribution in [0.25, 0.3) is 16.8 Å². The molecule has 11 heteroatoms. The summed E-state index contributed by atoms with van der Waals surface area (Å²) < 4.78 is 47.5. The van der Waals surface area contributed by atoms with E-state index in [2.05, 4.69) is 15.0 Å². The summed E-state index contributed by atoms with van der Waals surface area (Å²) in [4.78, 5) is 25.8. The van der Waals surface area contributed by atoms with Crippen molar-refractivity contribution in [2.75, 3.05) is 13.1 Å². The number of hydrogen-bond donors (Lipinski definition) is 1. The third-order valence-electron chi connectivity index (χ3n) is 5.77. The zero-order valence-electron chi connectivity index (χ0n) is 16.6. The van der Waals surface area contributed by atoms with E-state index < -0.39 is 23.3 Å². The molecule has 0 unspecified atom stereocenters. The highest BCUT2D eigenvalue weighted by Crippen LogP contribution is 2.37. The lowest BCUT2D eigenvalue weighted by Gasteiger charge is -2.31. The second-order valence-corrected chi connectivity index (χ2v) is 8.03. The van der Waals surface area contributed by atoms with Crippen molar-refractivity contribution >= 4 is 23.2 Å². The van der Waals surface area contributed by atoms with E-state index in [0.29, 0.717) is 31.5 Å². The van der Waals surface area contributed by atoms with Gasteiger partial charge in [-0.1, -0.05) is 11.6 Å². The summed E-state index contributed by atoms with van der Waals surface area (Å²) in [5, 5.41) is -0.156. The lowest BCUT2D eigenvalue weighted by atomic mass is 9.94.